The van der Waals surface area contributed by atoms with E-state index < -0.39 is 0 Å². The first-order valence-corrected chi connectivity index (χ1v) is 8.34. The predicted octanol–water partition coefficient (Wildman–Crippen LogP) is 4.18. The second-order valence-corrected chi connectivity index (χ2v) is 5.88. The van der Waals surface area contributed by atoms with Crippen LogP contribution < -0.4 is 14.8 Å². The number of rotatable bonds is 9. The average Bonchev–Trinajstić information content (AvgIpc) is 3.19. The molecule has 2 rings (SSSR count). The second kappa shape index (κ2) is 7.69. The highest BCUT2D eigenvalue weighted by Crippen LogP contribution is 2.47. The standard InChI is InChI=1S/C18H29NO2/c1-5-10-19-18(15-11-13(15)4)14-8-9-16(20-6-2)17(12-14)21-7-3/h8-9,12-13,15,18-19H,5-7,10-11H2,1-4H3. The molecule has 3 nitrogen and oxygen atoms in total. The van der Waals surface area contributed by atoms with Crippen molar-refractivity contribution in [2.24, 2.45) is 11.8 Å². The summed E-state index contributed by atoms with van der Waals surface area (Å²) in [5, 5.41) is 3.70. The van der Waals surface area contributed by atoms with Gasteiger partial charge in [0, 0.05) is 6.04 Å². The highest BCUT2D eigenvalue weighted by molar-refractivity contribution is 5.44. The van der Waals surface area contributed by atoms with Gasteiger partial charge in [-0.3, -0.25) is 0 Å². The molecule has 3 heteroatoms. The molecule has 0 aromatic heterocycles. The normalized spacial score (nSPS) is 21.9. The second-order valence-electron chi connectivity index (χ2n) is 5.88. The van der Waals surface area contributed by atoms with E-state index in [1.165, 1.54) is 12.0 Å². The first-order valence-electron chi connectivity index (χ1n) is 8.34. The monoisotopic (exact) mass is 291 g/mol. The molecule has 1 fully saturated rings. The summed E-state index contributed by atoms with van der Waals surface area (Å²) in [5.41, 5.74) is 1.32. The Bertz CT molecular complexity index is 447. The van der Waals surface area contributed by atoms with Gasteiger partial charge in [-0.15, -0.1) is 0 Å². The van der Waals surface area contributed by atoms with E-state index in [2.05, 4.69) is 37.4 Å². The van der Waals surface area contributed by atoms with Crippen LogP contribution >= 0.6 is 0 Å². The summed E-state index contributed by atoms with van der Waals surface area (Å²) < 4.78 is 11.4. The van der Waals surface area contributed by atoms with Crippen molar-refractivity contribution >= 4 is 0 Å². The maximum Gasteiger partial charge on any atom is 0.161 e. The molecule has 118 valence electrons. The van der Waals surface area contributed by atoms with Crippen molar-refractivity contribution in [3.8, 4) is 11.5 Å². The fraction of sp³-hybridized carbons (Fsp3) is 0.667. The molecule has 0 amide bonds. The smallest absolute Gasteiger partial charge is 0.161 e. The van der Waals surface area contributed by atoms with E-state index in [-0.39, 0.29) is 0 Å². The van der Waals surface area contributed by atoms with Crippen molar-refractivity contribution in [3.05, 3.63) is 23.8 Å². The Morgan fingerprint density at radius 1 is 1.14 bits per heavy atom. The van der Waals surface area contributed by atoms with E-state index in [0.717, 1.165) is 36.3 Å². The van der Waals surface area contributed by atoms with E-state index >= 15 is 0 Å². The summed E-state index contributed by atoms with van der Waals surface area (Å²) >= 11 is 0. The molecule has 0 saturated heterocycles. The quantitative estimate of drug-likeness (QED) is 0.740. The van der Waals surface area contributed by atoms with Crippen LogP contribution in [0.1, 0.15) is 52.1 Å². The van der Waals surface area contributed by atoms with Crippen molar-refractivity contribution in [1.29, 1.82) is 0 Å². The van der Waals surface area contributed by atoms with Crippen molar-refractivity contribution in [1.82, 2.24) is 5.32 Å². The third-order valence-electron chi connectivity index (χ3n) is 4.14. The Hall–Kier alpha value is -1.22. The Morgan fingerprint density at radius 3 is 2.38 bits per heavy atom. The van der Waals surface area contributed by atoms with Crippen LogP contribution in [-0.2, 0) is 0 Å². The van der Waals surface area contributed by atoms with Gasteiger partial charge in [-0.1, -0.05) is 19.9 Å². The molecule has 1 aliphatic carbocycles. The molecule has 3 unspecified atom stereocenters. The zero-order chi connectivity index (χ0) is 15.2. The Morgan fingerprint density at radius 2 is 1.81 bits per heavy atom. The summed E-state index contributed by atoms with van der Waals surface area (Å²) in [4.78, 5) is 0. The summed E-state index contributed by atoms with van der Waals surface area (Å²) in [5.74, 6) is 3.29. The van der Waals surface area contributed by atoms with Gasteiger partial charge in [0.05, 0.1) is 13.2 Å². The molecule has 1 N–H and O–H groups in total. The number of hydrogen-bond donors (Lipinski definition) is 1. The van der Waals surface area contributed by atoms with Gasteiger partial charge in [-0.25, -0.2) is 0 Å². The molecular formula is C18H29NO2. The van der Waals surface area contributed by atoms with Crippen molar-refractivity contribution in [3.63, 3.8) is 0 Å². The van der Waals surface area contributed by atoms with E-state index in [1.807, 2.05) is 13.8 Å². The van der Waals surface area contributed by atoms with Gasteiger partial charge in [0.1, 0.15) is 0 Å². The third-order valence-corrected chi connectivity index (χ3v) is 4.14. The van der Waals surface area contributed by atoms with Crippen LogP contribution in [0.5, 0.6) is 11.5 Å². The lowest BCUT2D eigenvalue weighted by molar-refractivity contribution is 0.287. The SMILES string of the molecule is CCCNC(c1ccc(OCC)c(OCC)c1)C1CC1C. The van der Waals surface area contributed by atoms with Gasteiger partial charge in [0.25, 0.3) is 0 Å². The molecule has 1 aliphatic rings. The molecule has 0 radical (unpaired) electrons. The minimum Gasteiger partial charge on any atom is -0.490 e. The summed E-state index contributed by atoms with van der Waals surface area (Å²) in [6.07, 6.45) is 2.48. The molecule has 0 bridgehead atoms. The van der Waals surface area contributed by atoms with Gasteiger partial charge in [0.2, 0.25) is 0 Å². The van der Waals surface area contributed by atoms with Crippen LogP contribution in [0.3, 0.4) is 0 Å². The molecule has 0 aliphatic heterocycles. The average molecular weight is 291 g/mol. The zero-order valence-corrected chi connectivity index (χ0v) is 13.8. The number of nitrogens with one attached hydrogen (secondary N) is 1. The predicted molar refractivity (Wildman–Crippen MR) is 87.1 cm³/mol. The lowest BCUT2D eigenvalue weighted by Gasteiger charge is -2.21. The van der Waals surface area contributed by atoms with Crippen LogP contribution in [0, 0.1) is 11.8 Å². The molecule has 0 heterocycles. The molecule has 0 spiro atoms. The molecule has 1 aromatic rings. The Balaban J connectivity index is 2.20. The Kier molecular flexibility index (Phi) is 5.92. The largest absolute Gasteiger partial charge is 0.490 e. The van der Waals surface area contributed by atoms with Gasteiger partial charge in [0.15, 0.2) is 11.5 Å². The lowest BCUT2D eigenvalue weighted by atomic mass is 10.0. The van der Waals surface area contributed by atoms with Crippen LogP contribution in [0.4, 0.5) is 0 Å². The summed E-state index contributed by atoms with van der Waals surface area (Å²) in [7, 11) is 0. The van der Waals surface area contributed by atoms with E-state index in [0.29, 0.717) is 19.3 Å². The van der Waals surface area contributed by atoms with Gasteiger partial charge in [-0.05, 0) is 62.8 Å². The highest BCUT2D eigenvalue weighted by Gasteiger charge is 2.40. The topological polar surface area (TPSA) is 30.5 Å². The van der Waals surface area contributed by atoms with Crippen LogP contribution in [-0.4, -0.2) is 19.8 Å². The molecular weight excluding hydrogens is 262 g/mol. The minimum absolute atomic E-state index is 0.440. The van der Waals surface area contributed by atoms with Crippen molar-refractivity contribution < 1.29 is 9.47 Å². The van der Waals surface area contributed by atoms with Crippen LogP contribution in [0.2, 0.25) is 0 Å². The lowest BCUT2D eigenvalue weighted by Crippen LogP contribution is -2.24. The zero-order valence-electron chi connectivity index (χ0n) is 13.8. The van der Waals surface area contributed by atoms with Crippen LogP contribution in [0.15, 0.2) is 18.2 Å². The maximum absolute atomic E-state index is 5.76. The van der Waals surface area contributed by atoms with E-state index in [4.69, 9.17) is 9.47 Å². The van der Waals surface area contributed by atoms with Gasteiger partial charge < -0.3 is 14.8 Å². The minimum atomic E-state index is 0.440. The van der Waals surface area contributed by atoms with Crippen molar-refractivity contribution in [2.75, 3.05) is 19.8 Å². The molecule has 3 atom stereocenters. The van der Waals surface area contributed by atoms with E-state index in [9.17, 15) is 0 Å². The fourth-order valence-corrected chi connectivity index (χ4v) is 2.89. The first kappa shape index (κ1) is 16.2. The molecule has 1 saturated carbocycles. The third kappa shape index (κ3) is 4.13. The Labute approximate surface area is 129 Å². The highest BCUT2D eigenvalue weighted by atomic mass is 16.5. The van der Waals surface area contributed by atoms with E-state index in [1.54, 1.807) is 0 Å². The fourth-order valence-electron chi connectivity index (χ4n) is 2.89. The van der Waals surface area contributed by atoms with Gasteiger partial charge in [-0.2, -0.15) is 0 Å². The van der Waals surface area contributed by atoms with Gasteiger partial charge >= 0.3 is 0 Å². The summed E-state index contributed by atoms with van der Waals surface area (Å²) in [6.45, 7) is 10.9. The van der Waals surface area contributed by atoms with Crippen molar-refractivity contribution in [2.45, 2.75) is 46.6 Å². The molecule has 21 heavy (non-hydrogen) atoms. The number of benzene rings is 1. The first-order chi connectivity index (χ1) is 10.2. The van der Waals surface area contributed by atoms with Crippen LogP contribution in [0.25, 0.3) is 0 Å². The maximum atomic E-state index is 5.76. The number of ether oxygens (including phenoxy) is 2. The summed E-state index contributed by atoms with van der Waals surface area (Å²) in [6, 6.07) is 6.84. The number of hydrogen-bond acceptors (Lipinski definition) is 3. The molecule has 1 aromatic carbocycles.